The number of hydrogen-bond donors (Lipinski definition) is 2. The SMILES string of the molecule is CNN[C@H]1N=CN(C)C(=O)[C@H]1[N+](=O)[O-]. The lowest BCUT2D eigenvalue weighted by Crippen LogP contribution is -2.57. The normalized spacial score (nSPS) is 26.7. The Morgan fingerprint density at radius 2 is 2.36 bits per heavy atom. The summed E-state index contributed by atoms with van der Waals surface area (Å²) < 4.78 is 0. The van der Waals surface area contributed by atoms with Crippen molar-refractivity contribution in [3.63, 3.8) is 0 Å². The number of aliphatic imine (C=N–C) groups is 1. The van der Waals surface area contributed by atoms with Gasteiger partial charge in [-0.2, -0.15) is 0 Å². The Morgan fingerprint density at radius 3 is 2.86 bits per heavy atom. The maximum atomic E-state index is 11.4. The van der Waals surface area contributed by atoms with E-state index >= 15 is 0 Å². The second kappa shape index (κ2) is 4.11. The van der Waals surface area contributed by atoms with Crippen molar-refractivity contribution >= 4 is 12.2 Å². The van der Waals surface area contributed by atoms with Gasteiger partial charge in [-0.3, -0.25) is 20.3 Å². The number of rotatable bonds is 3. The first-order chi connectivity index (χ1) is 6.57. The van der Waals surface area contributed by atoms with Crippen molar-refractivity contribution in [1.82, 2.24) is 15.8 Å². The van der Waals surface area contributed by atoms with Gasteiger partial charge >= 0.3 is 11.9 Å². The summed E-state index contributed by atoms with van der Waals surface area (Å²) >= 11 is 0. The molecule has 78 valence electrons. The molecule has 8 nitrogen and oxygen atoms in total. The second-order valence-corrected chi connectivity index (χ2v) is 2.78. The van der Waals surface area contributed by atoms with Crippen molar-refractivity contribution in [2.75, 3.05) is 14.1 Å². The molecule has 0 aromatic heterocycles. The zero-order valence-corrected chi connectivity index (χ0v) is 7.80. The summed E-state index contributed by atoms with van der Waals surface area (Å²) in [5, 5.41) is 10.6. The van der Waals surface area contributed by atoms with E-state index in [2.05, 4.69) is 15.8 Å². The molecule has 0 unspecified atom stereocenters. The molecule has 2 atom stereocenters. The van der Waals surface area contributed by atoms with Crippen LogP contribution < -0.4 is 10.9 Å². The molecule has 1 aliphatic rings. The summed E-state index contributed by atoms with van der Waals surface area (Å²) in [6, 6.07) is -1.38. The minimum Gasteiger partial charge on any atom is -0.300 e. The van der Waals surface area contributed by atoms with Gasteiger partial charge in [-0.15, -0.1) is 0 Å². The van der Waals surface area contributed by atoms with Crippen molar-refractivity contribution in [2.45, 2.75) is 12.2 Å². The first kappa shape index (κ1) is 10.5. The molecule has 2 N–H and O–H groups in total. The number of nitro groups is 1. The third-order valence-electron chi connectivity index (χ3n) is 1.82. The highest BCUT2D eigenvalue weighted by Gasteiger charge is 2.42. The number of likely N-dealkylation sites (N-methyl/N-ethyl adjacent to an activating group) is 1. The van der Waals surface area contributed by atoms with Gasteiger partial charge in [0.15, 0.2) is 6.17 Å². The van der Waals surface area contributed by atoms with Crippen molar-refractivity contribution in [2.24, 2.45) is 4.99 Å². The van der Waals surface area contributed by atoms with E-state index in [-0.39, 0.29) is 0 Å². The van der Waals surface area contributed by atoms with Crippen LogP contribution in [0.15, 0.2) is 4.99 Å². The lowest BCUT2D eigenvalue weighted by atomic mass is 10.2. The minimum atomic E-state index is -1.38. The molecule has 0 aliphatic carbocycles. The van der Waals surface area contributed by atoms with Crippen LogP contribution in [0.3, 0.4) is 0 Å². The molecule has 0 spiro atoms. The minimum absolute atomic E-state index is 0.585. The predicted octanol–water partition coefficient (Wildman–Crippen LogP) is -1.82. The Kier molecular flexibility index (Phi) is 3.10. The van der Waals surface area contributed by atoms with E-state index in [1.165, 1.54) is 13.4 Å². The summed E-state index contributed by atoms with van der Waals surface area (Å²) in [5.41, 5.74) is 5.05. The fourth-order valence-electron chi connectivity index (χ4n) is 1.12. The molecule has 0 bridgehead atoms. The number of carbonyl (C=O) groups excluding carboxylic acids is 1. The highest BCUT2D eigenvalue weighted by atomic mass is 16.6. The van der Waals surface area contributed by atoms with Crippen LogP contribution in [0.5, 0.6) is 0 Å². The number of amides is 1. The molecular weight excluding hydrogens is 190 g/mol. The van der Waals surface area contributed by atoms with Crippen molar-refractivity contribution in [3.05, 3.63) is 10.1 Å². The Morgan fingerprint density at radius 1 is 1.71 bits per heavy atom. The van der Waals surface area contributed by atoms with Crippen LogP contribution in [0.4, 0.5) is 0 Å². The van der Waals surface area contributed by atoms with Crippen LogP contribution in [0.25, 0.3) is 0 Å². The molecule has 0 saturated carbocycles. The van der Waals surface area contributed by atoms with Crippen LogP contribution in [-0.2, 0) is 4.79 Å². The van der Waals surface area contributed by atoms with E-state index in [4.69, 9.17) is 0 Å². The first-order valence-corrected chi connectivity index (χ1v) is 3.93. The first-order valence-electron chi connectivity index (χ1n) is 3.93. The Balaban J connectivity index is 2.88. The number of nitrogens with one attached hydrogen (secondary N) is 2. The van der Waals surface area contributed by atoms with Crippen LogP contribution in [-0.4, -0.2) is 48.4 Å². The monoisotopic (exact) mass is 201 g/mol. The summed E-state index contributed by atoms with van der Waals surface area (Å²) in [4.78, 5) is 26.3. The third-order valence-corrected chi connectivity index (χ3v) is 1.82. The maximum Gasteiger partial charge on any atom is 0.326 e. The summed E-state index contributed by atoms with van der Waals surface area (Å²) in [6.07, 6.45) is 0.399. The average molecular weight is 201 g/mol. The quantitative estimate of drug-likeness (QED) is 0.413. The van der Waals surface area contributed by atoms with E-state index in [1.54, 1.807) is 7.05 Å². The number of nitrogens with zero attached hydrogens (tertiary/aromatic N) is 3. The average Bonchev–Trinajstić information content (AvgIpc) is 2.11. The highest BCUT2D eigenvalue weighted by Crippen LogP contribution is 2.07. The molecule has 0 radical (unpaired) electrons. The van der Waals surface area contributed by atoms with Gasteiger partial charge in [-0.1, -0.05) is 0 Å². The van der Waals surface area contributed by atoms with Gasteiger partial charge in [0.25, 0.3) is 0 Å². The van der Waals surface area contributed by atoms with Crippen molar-refractivity contribution < 1.29 is 9.72 Å². The maximum absolute atomic E-state index is 11.4. The molecule has 14 heavy (non-hydrogen) atoms. The molecule has 1 heterocycles. The van der Waals surface area contributed by atoms with Gasteiger partial charge < -0.3 is 4.90 Å². The van der Waals surface area contributed by atoms with Crippen LogP contribution in [0.2, 0.25) is 0 Å². The lowest BCUT2D eigenvalue weighted by molar-refractivity contribution is -0.513. The third kappa shape index (κ3) is 1.86. The number of hydrogen-bond acceptors (Lipinski definition) is 6. The van der Waals surface area contributed by atoms with Gasteiger partial charge in [-0.05, 0) is 7.05 Å². The highest BCUT2D eigenvalue weighted by molar-refractivity contribution is 5.92. The molecule has 0 saturated heterocycles. The predicted molar refractivity (Wildman–Crippen MR) is 48.0 cm³/mol. The molecule has 1 amide bonds. The largest absolute Gasteiger partial charge is 0.326 e. The standard InChI is InChI=1S/C6H11N5O3/c1-7-9-5-4(11(13)14)6(12)10(2)3-8-5/h3-5,7,9H,1-2H3/t4-,5+/m0/s1. The van der Waals surface area contributed by atoms with E-state index in [9.17, 15) is 14.9 Å². The Bertz CT molecular complexity index is 279. The molecule has 1 rings (SSSR count). The molecule has 0 aromatic rings. The fourth-order valence-corrected chi connectivity index (χ4v) is 1.12. The van der Waals surface area contributed by atoms with Crippen LogP contribution in [0.1, 0.15) is 0 Å². The van der Waals surface area contributed by atoms with Gasteiger partial charge in [0.05, 0.1) is 6.34 Å². The summed E-state index contributed by atoms with van der Waals surface area (Å²) in [5.74, 6) is -0.585. The van der Waals surface area contributed by atoms with E-state index in [1.807, 2.05) is 0 Å². The fraction of sp³-hybridized carbons (Fsp3) is 0.667. The van der Waals surface area contributed by atoms with Crippen molar-refractivity contribution in [3.8, 4) is 0 Å². The molecule has 0 fully saturated rings. The summed E-state index contributed by atoms with van der Waals surface area (Å²) in [6.45, 7) is 0. The Hall–Kier alpha value is -1.54. The summed E-state index contributed by atoms with van der Waals surface area (Å²) in [7, 11) is 2.98. The van der Waals surface area contributed by atoms with E-state index in [0.717, 1.165) is 4.90 Å². The number of carbonyl (C=O) groups is 1. The molecular formula is C6H11N5O3. The zero-order chi connectivity index (χ0) is 10.7. The molecule has 1 aliphatic heterocycles. The molecule has 8 heteroatoms. The van der Waals surface area contributed by atoms with Crippen molar-refractivity contribution in [1.29, 1.82) is 0 Å². The Labute approximate surface area is 80.1 Å². The van der Waals surface area contributed by atoms with Gasteiger partial charge in [0, 0.05) is 12.0 Å². The second-order valence-electron chi connectivity index (χ2n) is 2.78. The van der Waals surface area contributed by atoms with Crippen LogP contribution in [0, 0.1) is 10.1 Å². The van der Waals surface area contributed by atoms with E-state index in [0.29, 0.717) is 0 Å². The van der Waals surface area contributed by atoms with Crippen LogP contribution >= 0.6 is 0 Å². The number of hydrazine groups is 1. The van der Waals surface area contributed by atoms with Gasteiger partial charge in [0.1, 0.15) is 0 Å². The topological polar surface area (TPSA) is 99.9 Å². The smallest absolute Gasteiger partial charge is 0.300 e. The zero-order valence-electron chi connectivity index (χ0n) is 7.80. The lowest BCUT2D eigenvalue weighted by Gasteiger charge is -2.24. The molecule has 0 aromatic carbocycles. The van der Waals surface area contributed by atoms with E-state index < -0.39 is 23.0 Å². The van der Waals surface area contributed by atoms with Gasteiger partial charge in [0.2, 0.25) is 0 Å². The van der Waals surface area contributed by atoms with Gasteiger partial charge in [-0.25, -0.2) is 10.4 Å².